The third kappa shape index (κ3) is 2.70. The minimum Gasteiger partial charge on any atom is -0.383 e. The van der Waals surface area contributed by atoms with Gasteiger partial charge in [0.1, 0.15) is 0 Å². The molecule has 4 aliphatic carbocycles. The lowest BCUT2D eigenvalue weighted by Crippen LogP contribution is -2.65. The quantitative estimate of drug-likeness (QED) is 0.615. The summed E-state index contributed by atoms with van der Waals surface area (Å²) in [6, 6.07) is -0.0701. The Labute approximate surface area is 119 Å². The summed E-state index contributed by atoms with van der Waals surface area (Å²) in [5.74, 6) is 1.41. The molecule has 0 saturated heterocycles. The van der Waals surface area contributed by atoms with Gasteiger partial charge in [0.15, 0.2) is 0 Å². The van der Waals surface area contributed by atoms with E-state index in [0.29, 0.717) is 25.0 Å². The lowest BCUT2D eigenvalue weighted by Gasteiger charge is -2.60. The first-order valence-electron chi connectivity index (χ1n) is 7.26. The van der Waals surface area contributed by atoms with E-state index in [0.717, 1.165) is 32.1 Å². The molecule has 4 aliphatic rings. The highest BCUT2D eigenvalue weighted by molar-refractivity contribution is 6.24. The first-order valence-corrected chi connectivity index (χ1v) is 7.64. The minimum absolute atomic E-state index is 0.0517. The molecule has 108 valence electrons. The standard InChI is InChI=1S/C14H23ClN2O2/c1-19-3-2-16-12(18)17-14-7-10-4-11(8-14)6-13(15,5-10)9-14/h10-11H,2-9H2,1H3,(H2,16,17,18)/t10-,11-,13?,14?/m1/s1. The van der Waals surface area contributed by atoms with Crippen LogP contribution < -0.4 is 10.6 Å². The Morgan fingerprint density at radius 2 is 2.00 bits per heavy atom. The van der Waals surface area contributed by atoms with Crippen LogP contribution in [0.25, 0.3) is 0 Å². The predicted octanol–water partition coefficient (Wildman–Crippen LogP) is 2.26. The van der Waals surface area contributed by atoms with E-state index < -0.39 is 0 Å². The fourth-order valence-electron chi connectivity index (χ4n) is 4.85. The third-order valence-electron chi connectivity index (χ3n) is 4.96. The van der Waals surface area contributed by atoms with Crippen LogP contribution in [0.15, 0.2) is 0 Å². The summed E-state index contributed by atoms with van der Waals surface area (Å²) in [5, 5.41) is 6.07. The number of urea groups is 1. The normalized spacial score (nSPS) is 43.3. The van der Waals surface area contributed by atoms with Crippen LogP contribution in [0.2, 0.25) is 0 Å². The topological polar surface area (TPSA) is 50.4 Å². The molecule has 2 N–H and O–H groups in total. The number of rotatable bonds is 4. The molecule has 4 saturated carbocycles. The molecule has 0 radical (unpaired) electrons. The van der Waals surface area contributed by atoms with Crippen LogP contribution in [-0.4, -0.2) is 36.7 Å². The van der Waals surface area contributed by atoms with Gasteiger partial charge in [-0.1, -0.05) is 0 Å². The highest BCUT2D eigenvalue weighted by atomic mass is 35.5. The zero-order chi connectivity index (χ0) is 13.5. The number of hydrogen-bond donors (Lipinski definition) is 2. The molecule has 0 heterocycles. The molecule has 0 unspecified atom stereocenters. The molecule has 0 aliphatic heterocycles. The lowest BCUT2D eigenvalue weighted by atomic mass is 9.52. The molecule has 4 rings (SSSR count). The fraction of sp³-hybridized carbons (Fsp3) is 0.929. The van der Waals surface area contributed by atoms with Gasteiger partial charge in [0.2, 0.25) is 0 Å². The first-order chi connectivity index (χ1) is 9.03. The maximum absolute atomic E-state index is 12.0. The minimum atomic E-state index is -0.0701. The highest BCUT2D eigenvalue weighted by Crippen LogP contribution is 2.59. The molecular weight excluding hydrogens is 264 g/mol. The van der Waals surface area contributed by atoms with Gasteiger partial charge in [0.05, 0.1) is 6.61 Å². The number of amides is 2. The average molecular weight is 287 g/mol. The van der Waals surface area contributed by atoms with Crippen molar-refractivity contribution < 1.29 is 9.53 Å². The molecule has 0 aromatic carbocycles. The van der Waals surface area contributed by atoms with Gasteiger partial charge < -0.3 is 15.4 Å². The molecule has 4 bridgehead atoms. The molecule has 0 aromatic heterocycles. The SMILES string of the molecule is COCCNC(=O)NC12C[C@@H]3C[C@H](CC(Cl)(C3)C1)C2. The molecule has 19 heavy (non-hydrogen) atoms. The second kappa shape index (κ2) is 4.81. The average Bonchev–Trinajstić information content (AvgIpc) is 2.24. The number of methoxy groups -OCH3 is 1. The van der Waals surface area contributed by atoms with Gasteiger partial charge in [-0.2, -0.15) is 0 Å². The monoisotopic (exact) mass is 286 g/mol. The second-order valence-electron chi connectivity index (χ2n) is 6.77. The summed E-state index contributed by atoms with van der Waals surface area (Å²) in [6.45, 7) is 1.10. The van der Waals surface area contributed by atoms with Crippen LogP contribution in [0.1, 0.15) is 38.5 Å². The van der Waals surface area contributed by atoms with E-state index in [1.807, 2.05) is 0 Å². The van der Waals surface area contributed by atoms with Crippen molar-refractivity contribution in [3.8, 4) is 0 Å². The van der Waals surface area contributed by atoms with E-state index in [1.54, 1.807) is 7.11 Å². The predicted molar refractivity (Wildman–Crippen MR) is 74.4 cm³/mol. The van der Waals surface area contributed by atoms with Gasteiger partial charge in [-0.15, -0.1) is 11.6 Å². The zero-order valence-corrected chi connectivity index (χ0v) is 12.3. The van der Waals surface area contributed by atoms with Crippen molar-refractivity contribution in [3.05, 3.63) is 0 Å². The van der Waals surface area contributed by atoms with Gasteiger partial charge >= 0.3 is 6.03 Å². The molecule has 0 aromatic rings. The van der Waals surface area contributed by atoms with E-state index >= 15 is 0 Å². The van der Waals surface area contributed by atoms with Gasteiger partial charge in [0.25, 0.3) is 0 Å². The van der Waals surface area contributed by atoms with Crippen LogP contribution in [0.3, 0.4) is 0 Å². The van der Waals surface area contributed by atoms with Crippen molar-refractivity contribution in [1.82, 2.24) is 10.6 Å². The Morgan fingerprint density at radius 3 is 2.58 bits per heavy atom. The molecule has 2 amide bonds. The largest absolute Gasteiger partial charge is 0.383 e. The fourth-order valence-corrected chi connectivity index (χ4v) is 5.54. The van der Waals surface area contributed by atoms with Crippen molar-refractivity contribution >= 4 is 17.6 Å². The third-order valence-corrected chi connectivity index (χ3v) is 5.40. The molecule has 2 atom stereocenters. The Bertz CT molecular complexity index is 360. The Morgan fingerprint density at radius 1 is 1.32 bits per heavy atom. The number of ether oxygens (including phenoxy) is 1. The molecular formula is C14H23ClN2O2. The van der Waals surface area contributed by atoms with E-state index in [1.165, 1.54) is 6.42 Å². The Balaban J connectivity index is 1.62. The van der Waals surface area contributed by atoms with E-state index in [-0.39, 0.29) is 16.4 Å². The zero-order valence-electron chi connectivity index (χ0n) is 11.5. The number of halogens is 1. The van der Waals surface area contributed by atoms with E-state index in [9.17, 15) is 4.79 Å². The number of alkyl halides is 1. The van der Waals surface area contributed by atoms with Gasteiger partial charge in [0, 0.05) is 24.1 Å². The van der Waals surface area contributed by atoms with Crippen molar-refractivity contribution in [3.63, 3.8) is 0 Å². The Hall–Kier alpha value is -0.480. The van der Waals surface area contributed by atoms with Gasteiger partial charge in [-0.3, -0.25) is 0 Å². The summed E-state index contributed by atoms with van der Waals surface area (Å²) < 4.78 is 4.94. The maximum atomic E-state index is 12.0. The molecule has 5 heteroatoms. The molecule has 0 spiro atoms. The number of hydrogen-bond acceptors (Lipinski definition) is 2. The molecule has 4 nitrogen and oxygen atoms in total. The van der Waals surface area contributed by atoms with Crippen LogP contribution in [-0.2, 0) is 4.74 Å². The maximum Gasteiger partial charge on any atom is 0.315 e. The number of nitrogens with one attached hydrogen (secondary N) is 2. The van der Waals surface area contributed by atoms with Crippen LogP contribution in [0, 0.1) is 11.8 Å². The van der Waals surface area contributed by atoms with E-state index in [4.69, 9.17) is 16.3 Å². The highest BCUT2D eigenvalue weighted by Gasteiger charge is 2.57. The molecule has 4 fully saturated rings. The number of carbonyl (C=O) groups excluding carboxylic acids is 1. The van der Waals surface area contributed by atoms with Crippen molar-refractivity contribution in [2.24, 2.45) is 11.8 Å². The lowest BCUT2D eigenvalue weighted by molar-refractivity contribution is -0.000229. The summed E-state index contributed by atoms with van der Waals surface area (Å²) >= 11 is 6.74. The Kier molecular flexibility index (Phi) is 3.42. The summed E-state index contributed by atoms with van der Waals surface area (Å²) in [4.78, 5) is 11.9. The van der Waals surface area contributed by atoms with Crippen LogP contribution in [0.4, 0.5) is 4.79 Å². The van der Waals surface area contributed by atoms with E-state index in [2.05, 4.69) is 10.6 Å². The van der Waals surface area contributed by atoms with Gasteiger partial charge in [-0.05, 0) is 50.4 Å². The van der Waals surface area contributed by atoms with Crippen molar-refractivity contribution in [2.75, 3.05) is 20.3 Å². The first kappa shape index (κ1) is 13.5. The smallest absolute Gasteiger partial charge is 0.315 e. The van der Waals surface area contributed by atoms with Crippen molar-refractivity contribution in [2.45, 2.75) is 48.9 Å². The summed E-state index contributed by atoms with van der Waals surface area (Å²) in [6.07, 6.45) is 6.74. The van der Waals surface area contributed by atoms with Crippen LogP contribution >= 0.6 is 11.6 Å². The summed E-state index contributed by atoms with van der Waals surface area (Å²) in [7, 11) is 1.63. The van der Waals surface area contributed by atoms with Gasteiger partial charge in [-0.25, -0.2) is 4.79 Å². The summed E-state index contributed by atoms with van der Waals surface area (Å²) in [5.41, 5.74) is -0.0526. The van der Waals surface area contributed by atoms with Crippen molar-refractivity contribution in [1.29, 1.82) is 0 Å². The second-order valence-corrected chi connectivity index (χ2v) is 7.57. The van der Waals surface area contributed by atoms with Crippen LogP contribution in [0.5, 0.6) is 0 Å². The number of carbonyl (C=O) groups is 1.